The molecule has 0 aliphatic heterocycles. The molecule has 0 saturated carbocycles. The normalized spacial score (nSPS) is 10.8. The minimum Gasteiger partial charge on any atom is -0.491 e. The lowest BCUT2D eigenvalue weighted by Gasteiger charge is -2.18. The first-order valence-corrected chi connectivity index (χ1v) is 8.28. The van der Waals surface area contributed by atoms with Gasteiger partial charge in [0.15, 0.2) is 24.1 Å². The van der Waals surface area contributed by atoms with Crippen molar-refractivity contribution in [1.82, 2.24) is 20.2 Å². The van der Waals surface area contributed by atoms with Gasteiger partial charge in [-0.1, -0.05) is 0 Å². The highest BCUT2D eigenvalue weighted by Crippen LogP contribution is 2.39. The van der Waals surface area contributed by atoms with E-state index in [0.717, 1.165) is 0 Å². The number of benzene rings is 1. The number of hydrogen-bond acceptors (Lipinski definition) is 9. The average molecular weight is 400 g/mol. The number of guanidine groups is 1. The molecule has 0 aliphatic rings. The first-order chi connectivity index (χ1) is 13.9. The molecule has 11 nitrogen and oxygen atoms in total. The largest absolute Gasteiger partial charge is 0.491 e. The van der Waals surface area contributed by atoms with E-state index in [9.17, 15) is 14.4 Å². The molecule has 1 aromatic heterocycles. The lowest BCUT2D eigenvalue weighted by Crippen LogP contribution is -2.40. The number of carbonyl (C=O) groups is 3. The number of anilines is 1. The first kappa shape index (κ1) is 21.3. The molecule has 3 N–H and O–H groups in total. The molecule has 1 aromatic carbocycles. The van der Waals surface area contributed by atoms with Gasteiger partial charge in [-0.05, 0) is 12.1 Å². The summed E-state index contributed by atoms with van der Waals surface area (Å²) in [6, 6.07) is 2.96. The zero-order valence-electron chi connectivity index (χ0n) is 16.1. The maximum Gasteiger partial charge on any atom is 0.261 e. The third-order valence-electron chi connectivity index (χ3n) is 3.57. The van der Waals surface area contributed by atoms with Crippen LogP contribution in [0.4, 0.5) is 11.6 Å². The summed E-state index contributed by atoms with van der Waals surface area (Å²) in [6.45, 7) is -0.200. The van der Waals surface area contributed by atoms with Crippen LogP contribution in [0.15, 0.2) is 29.5 Å². The third kappa shape index (κ3) is 5.25. The Morgan fingerprint density at radius 2 is 1.97 bits per heavy atom. The van der Waals surface area contributed by atoms with E-state index < -0.39 is 5.91 Å². The van der Waals surface area contributed by atoms with Crippen molar-refractivity contribution in [3.05, 3.63) is 35.7 Å². The molecule has 1 heterocycles. The molecule has 0 bridgehead atoms. The molecule has 0 saturated heterocycles. The van der Waals surface area contributed by atoms with Crippen molar-refractivity contribution in [2.24, 2.45) is 4.99 Å². The number of amides is 1. The summed E-state index contributed by atoms with van der Waals surface area (Å²) < 4.78 is 10.6. The number of ether oxygens (including phenoxy) is 2. The summed E-state index contributed by atoms with van der Waals surface area (Å²) in [5.41, 5.74) is 5.92. The van der Waals surface area contributed by atoms with Gasteiger partial charge in [0.1, 0.15) is 12.3 Å². The van der Waals surface area contributed by atoms with Gasteiger partial charge in [-0.3, -0.25) is 19.7 Å². The van der Waals surface area contributed by atoms with Crippen LogP contribution < -0.4 is 20.5 Å². The van der Waals surface area contributed by atoms with Crippen molar-refractivity contribution in [3.63, 3.8) is 0 Å². The SMILES string of the molecule is COc1c(OCC=O)ccc(C=O)c1N=C(NC(=O)c1cnc(N)nc1)N(C)C. The van der Waals surface area contributed by atoms with Crippen LogP contribution in [-0.2, 0) is 4.79 Å². The fourth-order valence-corrected chi connectivity index (χ4v) is 2.19. The monoisotopic (exact) mass is 400 g/mol. The third-order valence-corrected chi connectivity index (χ3v) is 3.57. The van der Waals surface area contributed by atoms with E-state index in [2.05, 4.69) is 20.3 Å². The summed E-state index contributed by atoms with van der Waals surface area (Å²) in [5.74, 6) is -0.0186. The molecule has 11 heteroatoms. The Hall–Kier alpha value is -4.02. The van der Waals surface area contributed by atoms with Gasteiger partial charge in [-0.25, -0.2) is 15.0 Å². The predicted molar refractivity (Wildman–Crippen MR) is 105 cm³/mol. The highest BCUT2D eigenvalue weighted by molar-refractivity contribution is 6.06. The predicted octanol–water partition coefficient (Wildman–Crippen LogP) is 0.437. The van der Waals surface area contributed by atoms with E-state index in [1.54, 1.807) is 14.1 Å². The number of aldehydes is 2. The summed E-state index contributed by atoms with van der Waals surface area (Å²) in [5, 5.41) is 2.61. The lowest BCUT2D eigenvalue weighted by molar-refractivity contribution is -0.109. The minimum absolute atomic E-state index is 0.0375. The van der Waals surface area contributed by atoms with E-state index in [1.165, 1.54) is 36.5 Å². The number of nitrogens with one attached hydrogen (secondary N) is 1. The number of aliphatic imine (C=N–C) groups is 1. The van der Waals surface area contributed by atoms with Crippen LogP contribution in [0.2, 0.25) is 0 Å². The summed E-state index contributed by atoms with van der Waals surface area (Å²) >= 11 is 0. The molecule has 0 fully saturated rings. The molecule has 0 aliphatic carbocycles. The van der Waals surface area contributed by atoms with Crippen molar-refractivity contribution >= 4 is 36.1 Å². The minimum atomic E-state index is -0.530. The number of hydrogen-bond donors (Lipinski definition) is 2. The van der Waals surface area contributed by atoms with E-state index in [4.69, 9.17) is 15.2 Å². The number of methoxy groups -OCH3 is 1. The number of nitrogen functional groups attached to an aromatic ring is 1. The fraction of sp³-hybridized carbons (Fsp3) is 0.222. The van der Waals surface area contributed by atoms with Crippen molar-refractivity contribution in [1.29, 1.82) is 0 Å². The number of nitrogens with two attached hydrogens (primary N) is 1. The number of nitrogens with zero attached hydrogens (tertiary/aromatic N) is 4. The first-order valence-electron chi connectivity index (χ1n) is 8.28. The van der Waals surface area contributed by atoms with Crippen molar-refractivity contribution in [3.8, 4) is 11.5 Å². The van der Waals surface area contributed by atoms with Gasteiger partial charge < -0.3 is 20.1 Å². The molecule has 0 atom stereocenters. The highest BCUT2D eigenvalue weighted by Gasteiger charge is 2.18. The number of carbonyl (C=O) groups excluding carboxylic acids is 3. The Morgan fingerprint density at radius 1 is 1.28 bits per heavy atom. The second kappa shape index (κ2) is 9.78. The van der Waals surface area contributed by atoms with Gasteiger partial charge in [0.25, 0.3) is 5.91 Å². The second-order valence-corrected chi connectivity index (χ2v) is 5.74. The Kier molecular flexibility index (Phi) is 7.18. The van der Waals surface area contributed by atoms with Gasteiger partial charge in [0.2, 0.25) is 11.9 Å². The number of rotatable bonds is 7. The Labute approximate surface area is 166 Å². The second-order valence-electron chi connectivity index (χ2n) is 5.74. The topological polar surface area (TPSA) is 149 Å². The number of aromatic nitrogens is 2. The van der Waals surface area contributed by atoms with Gasteiger partial charge in [0, 0.05) is 32.1 Å². The van der Waals surface area contributed by atoms with E-state index in [0.29, 0.717) is 12.6 Å². The van der Waals surface area contributed by atoms with Crippen LogP contribution in [0, 0.1) is 0 Å². The molecule has 2 aromatic rings. The van der Waals surface area contributed by atoms with Crippen molar-refractivity contribution < 1.29 is 23.9 Å². The standard InChI is InChI=1S/C18H20N6O5/c1-24(2)18(23-16(27)12-8-20-17(19)21-9-12)22-14-11(10-26)4-5-13(15(14)28-3)29-7-6-25/h4-6,8-10H,7H2,1-3H3,(H2,19,20,21)(H,22,23,27). The summed E-state index contributed by atoms with van der Waals surface area (Å²) in [6.07, 6.45) is 3.72. The molecule has 0 spiro atoms. The maximum absolute atomic E-state index is 12.5. The van der Waals surface area contributed by atoms with Gasteiger partial charge in [-0.2, -0.15) is 0 Å². The molecular weight excluding hydrogens is 380 g/mol. The van der Waals surface area contributed by atoms with Crippen LogP contribution in [-0.4, -0.2) is 67.1 Å². The summed E-state index contributed by atoms with van der Waals surface area (Å²) in [7, 11) is 4.67. The molecule has 152 valence electrons. The van der Waals surface area contributed by atoms with Crippen LogP contribution in [0.1, 0.15) is 20.7 Å². The van der Waals surface area contributed by atoms with E-state index >= 15 is 0 Å². The molecular formula is C18H20N6O5. The molecule has 1 amide bonds. The van der Waals surface area contributed by atoms with E-state index in [-0.39, 0.29) is 46.8 Å². The highest BCUT2D eigenvalue weighted by atomic mass is 16.5. The maximum atomic E-state index is 12.5. The smallest absolute Gasteiger partial charge is 0.261 e. The fourth-order valence-electron chi connectivity index (χ4n) is 2.19. The molecule has 0 unspecified atom stereocenters. The molecule has 29 heavy (non-hydrogen) atoms. The quantitative estimate of drug-likeness (QED) is 0.383. The average Bonchev–Trinajstić information content (AvgIpc) is 2.71. The van der Waals surface area contributed by atoms with Gasteiger partial charge in [0.05, 0.1) is 12.7 Å². The van der Waals surface area contributed by atoms with Gasteiger partial charge in [-0.15, -0.1) is 0 Å². The van der Waals surface area contributed by atoms with Gasteiger partial charge >= 0.3 is 0 Å². The van der Waals surface area contributed by atoms with Crippen LogP contribution in [0.3, 0.4) is 0 Å². The summed E-state index contributed by atoms with van der Waals surface area (Å²) in [4.78, 5) is 48.0. The van der Waals surface area contributed by atoms with Crippen molar-refractivity contribution in [2.75, 3.05) is 33.5 Å². The molecule has 0 radical (unpaired) electrons. The van der Waals surface area contributed by atoms with Crippen molar-refractivity contribution in [2.45, 2.75) is 0 Å². The zero-order chi connectivity index (χ0) is 21.4. The molecule has 2 rings (SSSR count). The van der Waals surface area contributed by atoms with Crippen LogP contribution in [0.25, 0.3) is 0 Å². The van der Waals surface area contributed by atoms with Crippen LogP contribution >= 0.6 is 0 Å². The Bertz CT molecular complexity index is 927. The Morgan fingerprint density at radius 3 is 2.52 bits per heavy atom. The van der Waals surface area contributed by atoms with Crippen LogP contribution in [0.5, 0.6) is 11.5 Å². The Balaban J connectivity index is 2.47. The zero-order valence-corrected chi connectivity index (χ0v) is 16.1. The lowest BCUT2D eigenvalue weighted by atomic mass is 10.1. The van der Waals surface area contributed by atoms with E-state index in [1.807, 2.05) is 0 Å².